The number of nitrogens with one attached hydrogen (secondary N) is 1. The first-order chi connectivity index (χ1) is 20.8. The van der Waals surface area contributed by atoms with Gasteiger partial charge in [-0.2, -0.15) is 0 Å². The van der Waals surface area contributed by atoms with E-state index >= 15 is 0 Å². The number of non-ortho nitro benzene ring substituents is 1. The molecule has 0 atom stereocenters. The Bertz CT molecular complexity index is 1020. The maximum Gasteiger partial charge on any atom is 0.336 e. The summed E-state index contributed by atoms with van der Waals surface area (Å²) in [6, 6.07) is 6.00. The molecule has 0 fully saturated rings. The summed E-state index contributed by atoms with van der Waals surface area (Å²) in [5, 5.41) is 14.5. The Morgan fingerprint density at radius 1 is 0.674 bits per heavy atom. The molecule has 1 heterocycles. The Kier molecular flexibility index (Phi) is 17.3. The van der Waals surface area contributed by atoms with E-state index in [9.17, 15) is 19.7 Å². The fourth-order valence-electron chi connectivity index (χ4n) is 5.61. The van der Waals surface area contributed by atoms with Crippen molar-refractivity contribution in [3.05, 3.63) is 62.5 Å². The standard InChI is InChI=1S/C35H54N2O6/c1-5-7-9-11-13-15-17-19-25-42-34(38)31-27(3)36-28(4)32(33(31)29-21-23-30(24-22-29)37(40)41)35(39)43-26-20-18-16-14-12-10-8-6-2/h21-24,33,36H,5-20,25-26H2,1-4H3. The van der Waals surface area contributed by atoms with Crippen LogP contribution in [0.4, 0.5) is 5.69 Å². The number of benzene rings is 1. The highest BCUT2D eigenvalue weighted by molar-refractivity contribution is 5.99. The lowest BCUT2D eigenvalue weighted by Crippen LogP contribution is -2.32. The van der Waals surface area contributed by atoms with Crippen LogP contribution >= 0.6 is 0 Å². The van der Waals surface area contributed by atoms with Crippen LogP contribution in [0.15, 0.2) is 46.8 Å². The number of rotatable bonds is 22. The van der Waals surface area contributed by atoms with E-state index in [2.05, 4.69) is 19.2 Å². The van der Waals surface area contributed by atoms with Gasteiger partial charge >= 0.3 is 11.9 Å². The van der Waals surface area contributed by atoms with Crippen LogP contribution in [0.1, 0.15) is 142 Å². The van der Waals surface area contributed by atoms with Crippen LogP contribution in [0.3, 0.4) is 0 Å². The van der Waals surface area contributed by atoms with E-state index < -0.39 is 22.8 Å². The summed E-state index contributed by atoms with van der Waals surface area (Å²) >= 11 is 0. The number of hydrogen-bond donors (Lipinski definition) is 1. The number of nitro benzene ring substituents is 1. The van der Waals surface area contributed by atoms with Crippen molar-refractivity contribution in [2.75, 3.05) is 13.2 Å². The first-order valence-electron chi connectivity index (χ1n) is 16.6. The number of carbonyl (C=O) groups is 2. The second-order valence-electron chi connectivity index (χ2n) is 11.7. The van der Waals surface area contributed by atoms with Gasteiger partial charge in [-0.3, -0.25) is 10.1 Å². The van der Waals surface area contributed by atoms with Gasteiger partial charge < -0.3 is 14.8 Å². The van der Waals surface area contributed by atoms with Crippen molar-refractivity contribution in [2.24, 2.45) is 0 Å². The van der Waals surface area contributed by atoms with Gasteiger partial charge in [0.15, 0.2) is 0 Å². The van der Waals surface area contributed by atoms with Gasteiger partial charge in [0.25, 0.3) is 5.69 Å². The summed E-state index contributed by atoms with van der Waals surface area (Å²) < 4.78 is 11.4. The Balaban J connectivity index is 2.08. The number of dihydropyridines is 1. The number of hydrogen-bond acceptors (Lipinski definition) is 7. The molecule has 1 aromatic rings. The summed E-state index contributed by atoms with van der Waals surface area (Å²) in [6.07, 6.45) is 18.2. The van der Waals surface area contributed by atoms with Gasteiger partial charge in [-0.15, -0.1) is 0 Å². The summed E-state index contributed by atoms with van der Waals surface area (Å²) in [6.45, 7) is 8.60. The highest BCUT2D eigenvalue weighted by Gasteiger charge is 2.38. The largest absolute Gasteiger partial charge is 0.462 e. The molecular weight excluding hydrogens is 544 g/mol. The van der Waals surface area contributed by atoms with Gasteiger partial charge in [-0.25, -0.2) is 9.59 Å². The predicted octanol–water partition coefficient (Wildman–Crippen LogP) is 9.20. The molecule has 1 N–H and O–H groups in total. The molecule has 0 aliphatic carbocycles. The lowest BCUT2D eigenvalue weighted by molar-refractivity contribution is -0.384. The minimum Gasteiger partial charge on any atom is -0.462 e. The number of ether oxygens (including phenoxy) is 2. The highest BCUT2D eigenvalue weighted by atomic mass is 16.6. The molecule has 0 radical (unpaired) electrons. The first kappa shape index (κ1) is 36.0. The van der Waals surface area contributed by atoms with Gasteiger partial charge in [0, 0.05) is 23.5 Å². The molecule has 1 aromatic carbocycles. The molecule has 8 nitrogen and oxygen atoms in total. The third-order valence-electron chi connectivity index (χ3n) is 8.10. The van der Waals surface area contributed by atoms with Gasteiger partial charge in [-0.05, 0) is 32.3 Å². The summed E-state index contributed by atoms with van der Waals surface area (Å²) in [4.78, 5) is 37.8. The fraction of sp³-hybridized carbons (Fsp3) is 0.657. The van der Waals surface area contributed by atoms with E-state index in [1.54, 1.807) is 26.0 Å². The molecule has 8 heteroatoms. The highest BCUT2D eigenvalue weighted by Crippen LogP contribution is 2.39. The van der Waals surface area contributed by atoms with E-state index in [0.29, 0.717) is 41.3 Å². The molecular formula is C35H54N2O6. The molecule has 0 saturated heterocycles. The first-order valence-corrected chi connectivity index (χ1v) is 16.6. The van der Waals surface area contributed by atoms with Crippen molar-refractivity contribution < 1.29 is 24.0 Å². The van der Waals surface area contributed by atoms with Crippen molar-refractivity contribution in [3.8, 4) is 0 Å². The molecule has 0 amide bonds. The average molecular weight is 599 g/mol. The summed E-state index contributed by atoms with van der Waals surface area (Å²) in [5.41, 5.74) is 2.40. The Morgan fingerprint density at radius 2 is 1.05 bits per heavy atom. The SMILES string of the molecule is CCCCCCCCCCOC(=O)C1=C(C)NC(C)=C(C(=O)OCCCCCCCCCC)C1c1ccc([N+](=O)[O-])cc1. The number of allylic oxidation sites excluding steroid dienone is 2. The normalized spacial score (nSPS) is 13.7. The second kappa shape index (κ2) is 20.7. The maximum atomic E-state index is 13.5. The zero-order chi connectivity index (χ0) is 31.5. The second-order valence-corrected chi connectivity index (χ2v) is 11.7. The van der Waals surface area contributed by atoms with E-state index in [1.807, 2.05) is 0 Å². The third kappa shape index (κ3) is 12.5. The quantitative estimate of drug-likeness (QED) is 0.0613. The minimum atomic E-state index is -0.751. The Morgan fingerprint density at radius 3 is 1.42 bits per heavy atom. The average Bonchev–Trinajstić information content (AvgIpc) is 2.98. The molecule has 1 aliphatic rings. The van der Waals surface area contributed by atoms with Crippen LogP contribution in [0.5, 0.6) is 0 Å². The van der Waals surface area contributed by atoms with E-state index in [0.717, 1.165) is 38.5 Å². The van der Waals surface area contributed by atoms with Gasteiger partial charge in [0.05, 0.1) is 35.2 Å². The minimum absolute atomic E-state index is 0.0586. The van der Waals surface area contributed by atoms with E-state index in [4.69, 9.17) is 9.47 Å². The number of unbranched alkanes of at least 4 members (excludes halogenated alkanes) is 14. The van der Waals surface area contributed by atoms with E-state index in [1.165, 1.54) is 76.3 Å². The summed E-state index contributed by atoms with van der Waals surface area (Å²) in [5.74, 6) is -1.73. The van der Waals surface area contributed by atoms with Crippen molar-refractivity contribution >= 4 is 17.6 Å². The number of nitro groups is 1. The van der Waals surface area contributed by atoms with Gasteiger partial charge in [0.2, 0.25) is 0 Å². The number of esters is 2. The van der Waals surface area contributed by atoms with Gasteiger partial charge in [0.1, 0.15) is 0 Å². The molecule has 0 spiro atoms. The molecule has 43 heavy (non-hydrogen) atoms. The molecule has 0 unspecified atom stereocenters. The molecule has 2 rings (SSSR count). The zero-order valence-corrected chi connectivity index (χ0v) is 27.0. The lowest BCUT2D eigenvalue weighted by atomic mass is 9.80. The van der Waals surface area contributed by atoms with Crippen molar-refractivity contribution in [3.63, 3.8) is 0 Å². The summed E-state index contributed by atoms with van der Waals surface area (Å²) in [7, 11) is 0. The number of nitrogens with zero attached hydrogens (tertiary/aromatic N) is 1. The van der Waals surface area contributed by atoms with Crippen LogP contribution in [0, 0.1) is 10.1 Å². The fourth-order valence-corrected chi connectivity index (χ4v) is 5.61. The van der Waals surface area contributed by atoms with Crippen molar-refractivity contribution in [1.82, 2.24) is 5.32 Å². The third-order valence-corrected chi connectivity index (χ3v) is 8.10. The van der Waals surface area contributed by atoms with Crippen LogP contribution in [0.25, 0.3) is 0 Å². The lowest BCUT2D eigenvalue weighted by Gasteiger charge is -2.30. The van der Waals surface area contributed by atoms with Gasteiger partial charge in [-0.1, -0.05) is 116 Å². The Hall–Kier alpha value is -3.16. The monoisotopic (exact) mass is 598 g/mol. The van der Waals surface area contributed by atoms with Crippen LogP contribution in [-0.4, -0.2) is 30.1 Å². The molecule has 240 valence electrons. The molecule has 0 aromatic heterocycles. The molecule has 0 saturated carbocycles. The predicted molar refractivity (Wildman–Crippen MR) is 172 cm³/mol. The number of carbonyl (C=O) groups excluding carboxylic acids is 2. The zero-order valence-electron chi connectivity index (χ0n) is 27.0. The van der Waals surface area contributed by atoms with Crippen molar-refractivity contribution in [2.45, 2.75) is 136 Å². The topological polar surface area (TPSA) is 108 Å². The maximum absolute atomic E-state index is 13.5. The smallest absolute Gasteiger partial charge is 0.336 e. The van der Waals surface area contributed by atoms with Crippen molar-refractivity contribution in [1.29, 1.82) is 0 Å². The Labute approximate surface area is 258 Å². The molecule has 0 bridgehead atoms. The van der Waals surface area contributed by atoms with Crippen LogP contribution in [-0.2, 0) is 19.1 Å². The van der Waals surface area contributed by atoms with E-state index in [-0.39, 0.29) is 5.69 Å². The molecule has 1 aliphatic heterocycles. The van der Waals surface area contributed by atoms with Crippen LogP contribution in [0.2, 0.25) is 0 Å². The van der Waals surface area contributed by atoms with Crippen LogP contribution < -0.4 is 5.32 Å².